The number of halogens is 1. The zero-order valence-corrected chi connectivity index (χ0v) is 13.0. The molecule has 0 amide bonds. The fourth-order valence-electron chi connectivity index (χ4n) is 2.01. The third-order valence-corrected chi connectivity index (χ3v) is 5.38. The van der Waals surface area contributed by atoms with Crippen molar-refractivity contribution in [2.75, 3.05) is 0 Å². The second-order valence-electron chi connectivity index (χ2n) is 5.11. The Hall–Kier alpha value is -1.37. The highest BCUT2D eigenvalue weighted by Crippen LogP contribution is 2.33. The van der Waals surface area contributed by atoms with Crippen LogP contribution in [-0.2, 0) is 14.8 Å². The van der Waals surface area contributed by atoms with Crippen LogP contribution >= 0.6 is 11.6 Å². The summed E-state index contributed by atoms with van der Waals surface area (Å²) in [5.74, 6) is -0.681. The molecule has 0 bridgehead atoms. The number of rotatable bonds is 6. The lowest BCUT2D eigenvalue weighted by Gasteiger charge is -2.14. The number of carbonyl (C=O) groups is 1. The Balaban J connectivity index is 2.21. The Bertz CT molecular complexity index is 680. The number of hydrogen-bond acceptors (Lipinski definition) is 3. The molecule has 1 aromatic carbocycles. The van der Waals surface area contributed by atoms with E-state index in [0.717, 1.165) is 18.9 Å². The van der Waals surface area contributed by atoms with Crippen molar-refractivity contribution < 1.29 is 18.3 Å². The molecule has 1 fully saturated rings. The molecule has 0 saturated heterocycles. The number of carboxylic acid groups (broad SMARTS) is 1. The minimum Gasteiger partial charge on any atom is -0.478 e. The van der Waals surface area contributed by atoms with Crippen molar-refractivity contribution in [2.24, 2.45) is 5.92 Å². The highest BCUT2D eigenvalue weighted by atomic mass is 35.5. The van der Waals surface area contributed by atoms with Crippen LogP contribution in [0.3, 0.4) is 0 Å². The molecule has 0 aliphatic heterocycles. The third-order valence-electron chi connectivity index (χ3n) is 3.33. The van der Waals surface area contributed by atoms with Gasteiger partial charge in [0.15, 0.2) is 0 Å². The Labute approximate surface area is 128 Å². The molecular weight excluding hydrogens is 314 g/mol. The minimum atomic E-state index is -3.67. The Kier molecular flexibility index (Phi) is 4.70. The zero-order chi connectivity index (χ0) is 15.6. The largest absolute Gasteiger partial charge is 0.478 e. The fraction of sp³-hybridized carbons (Fsp3) is 0.357. The van der Waals surface area contributed by atoms with Gasteiger partial charge in [-0.2, -0.15) is 0 Å². The molecule has 1 saturated carbocycles. The molecule has 1 aliphatic rings. The lowest BCUT2D eigenvalue weighted by atomic mass is 10.2. The van der Waals surface area contributed by atoms with Crippen LogP contribution in [0.2, 0.25) is 5.02 Å². The average Bonchev–Trinajstić information content (AvgIpc) is 3.19. The molecule has 2 rings (SSSR count). The summed E-state index contributed by atoms with van der Waals surface area (Å²) in [6.45, 7) is 1.84. The zero-order valence-electron chi connectivity index (χ0n) is 11.4. The van der Waals surface area contributed by atoms with Crippen LogP contribution < -0.4 is 4.72 Å². The first-order chi connectivity index (χ1) is 9.79. The van der Waals surface area contributed by atoms with E-state index in [2.05, 4.69) is 4.72 Å². The van der Waals surface area contributed by atoms with E-state index in [1.807, 2.05) is 6.92 Å². The number of hydrogen-bond donors (Lipinski definition) is 2. The maximum absolute atomic E-state index is 12.3. The van der Waals surface area contributed by atoms with Gasteiger partial charge in [-0.15, -0.1) is 0 Å². The van der Waals surface area contributed by atoms with Crippen LogP contribution in [0.15, 0.2) is 29.2 Å². The van der Waals surface area contributed by atoms with Gasteiger partial charge in [-0.3, -0.25) is 0 Å². The number of sulfonamides is 1. The van der Waals surface area contributed by atoms with Crippen molar-refractivity contribution in [1.82, 2.24) is 4.72 Å². The van der Waals surface area contributed by atoms with E-state index in [1.165, 1.54) is 24.3 Å². The van der Waals surface area contributed by atoms with E-state index in [4.69, 9.17) is 16.7 Å². The van der Waals surface area contributed by atoms with Crippen molar-refractivity contribution in [3.05, 3.63) is 34.9 Å². The SMILES string of the molecule is CC(NS(=O)(=O)c1ccc(C=CC(=O)O)cc1Cl)C1CC1. The molecule has 0 heterocycles. The lowest BCUT2D eigenvalue weighted by Crippen LogP contribution is -2.34. The van der Waals surface area contributed by atoms with E-state index in [0.29, 0.717) is 11.5 Å². The first-order valence-corrected chi connectivity index (χ1v) is 8.38. The molecule has 114 valence electrons. The van der Waals surface area contributed by atoms with Crippen LogP contribution in [0.4, 0.5) is 0 Å². The summed E-state index contributed by atoms with van der Waals surface area (Å²) in [5, 5.41) is 8.63. The van der Waals surface area contributed by atoms with Gasteiger partial charge in [-0.1, -0.05) is 17.7 Å². The molecule has 0 radical (unpaired) electrons. The van der Waals surface area contributed by atoms with E-state index < -0.39 is 16.0 Å². The van der Waals surface area contributed by atoms with Crippen LogP contribution in [0.1, 0.15) is 25.3 Å². The van der Waals surface area contributed by atoms with Gasteiger partial charge >= 0.3 is 5.97 Å². The Morgan fingerprint density at radius 3 is 2.67 bits per heavy atom. The van der Waals surface area contributed by atoms with E-state index in [9.17, 15) is 13.2 Å². The summed E-state index contributed by atoms with van der Waals surface area (Å²) >= 11 is 6.01. The summed E-state index contributed by atoms with van der Waals surface area (Å²) in [6, 6.07) is 4.21. The predicted octanol–water partition coefficient (Wildman–Crippen LogP) is 2.51. The molecule has 7 heteroatoms. The normalized spacial score (nSPS) is 17.0. The van der Waals surface area contributed by atoms with Gasteiger partial charge in [-0.05, 0) is 49.5 Å². The van der Waals surface area contributed by atoms with Crippen molar-refractivity contribution >= 4 is 33.7 Å². The maximum atomic E-state index is 12.3. The summed E-state index contributed by atoms with van der Waals surface area (Å²) in [6.07, 6.45) is 4.39. The quantitative estimate of drug-likeness (QED) is 0.785. The molecule has 21 heavy (non-hydrogen) atoms. The number of carboxylic acids is 1. The number of benzene rings is 1. The molecule has 1 atom stereocenters. The van der Waals surface area contributed by atoms with Crippen LogP contribution in [0.25, 0.3) is 6.08 Å². The molecule has 2 N–H and O–H groups in total. The highest BCUT2D eigenvalue weighted by Gasteiger charge is 2.31. The fourth-order valence-corrected chi connectivity index (χ4v) is 3.87. The van der Waals surface area contributed by atoms with Crippen molar-refractivity contribution in [3.63, 3.8) is 0 Å². The number of aliphatic carboxylic acids is 1. The van der Waals surface area contributed by atoms with Crippen molar-refractivity contribution in [1.29, 1.82) is 0 Å². The smallest absolute Gasteiger partial charge is 0.328 e. The van der Waals surface area contributed by atoms with Gasteiger partial charge in [0.05, 0.1) is 5.02 Å². The molecule has 1 aliphatic carbocycles. The molecule has 5 nitrogen and oxygen atoms in total. The van der Waals surface area contributed by atoms with Gasteiger partial charge in [-0.25, -0.2) is 17.9 Å². The highest BCUT2D eigenvalue weighted by molar-refractivity contribution is 7.89. The Morgan fingerprint density at radius 1 is 1.48 bits per heavy atom. The molecular formula is C14H16ClNO4S. The standard InChI is InChI=1S/C14H16ClNO4S/c1-9(11-4-5-11)16-21(19,20)13-6-2-10(8-12(13)15)3-7-14(17)18/h2-3,6-9,11,16H,4-5H2,1H3,(H,17,18). The summed E-state index contributed by atoms with van der Waals surface area (Å²) in [7, 11) is -3.67. The summed E-state index contributed by atoms with van der Waals surface area (Å²) in [5.41, 5.74) is 0.525. The topological polar surface area (TPSA) is 83.5 Å². The predicted molar refractivity (Wildman–Crippen MR) is 80.6 cm³/mol. The second-order valence-corrected chi connectivity index (χ2v) is 7.20. The minimum absolute atomic E-state index is 0.00383. The van der Waals surface area contributed by atoms with Crippen molar-refractivity contribution in [2.45, 2.75) is 30.7 Å². The second kappa shape index (κ2) is 6.17. The van der Waals surface area contributed by atoms with E-state index >= 15 is 0 Å². The monoisotopic (exact) mass is 329 g/mol. The van der Waals surface area contributed by atoms with Gasteiger partial charge in [0.1, 0.15) is 4.90 Å². The van der Waals surface area contributed by atoms with Gasteiger partial charge in [0.2, 0.25) is 10.0 Å². The van der Waals surface area contributed by atoms with E-state index in [1.54, 1.807) is 0 Å². The van der Waals surface area contributed by atoms with Crippen molar-refractivity contribution in [3.8, 4) is 0 Å². The van der Waals surface area contributed by atoms with Gasteiger partial charge < -0.3 is 5.11 Å². The molecule has 0 aromatic heterocycles. The average molecular weight is 330 g/mol. The Morgan fingerprint density at radius 2 is 2.14 bits per heavy atom. The molecule has 1 unspecified atom stereocenters. The van der Waals surface area contributed by atoms with Crippen LogP contribution in [-0.4, -0.2) is 25.5 Å². The number of nitrogens with one attached hydrogen (secondary N) is 1. The maximum Gasteiger partial charge on any atom is 0.328 e. The summed E-state index contributed by atoms with van der Waals surface area (Å²) < 4.78 is 27.2. The lowest BCUT2D eigenvalue weighted by molar-refractivity contribution is -0.131. The van der Waals surface area contributed by atoms with Gasteiger partial charge in [0, 0.05) is 12.1 Å². The van der Waals surface area contributed by atoms with E-state index in [-0.39, 0.29) is 16.0 Å². The first kappa shape index (κ1) is 16.0. The third kappa shape index (κ3) is 4.30. The molecule has 1 aromatic rings. The van der Waals surface area contributed by atoms with Crippen LogP contribution in [0, 0.1) is 5.92 Å². The van der Waals surface area contributed by atoms with Crippen LogP contribution in [0.5, 0.6) is 0 Å². The first-order valence-electron chi connectivity index (χ1n) is 6.52. The van der Waals surface area contributed by atoms with Gasteiger partial charge in [0.25, 0.3) is 0 Å². The summed E-state index contributed by atoms with van der Waals surface area (Å²) in [4.78, 5) is 10.5. The molecule has 0 spiro atoms.